The SMILES string of the molecule is COCCC(N)c1nc(-c2ccc(F)c(Cl)c2)no1. The smallest absolute Gasteiger partial charge is 0.243 e. The molecular formula is C12H13ClFN3O2. The standard InChI is InChI=1S/C12H13ClFN3O2/c1-18-5-4-10(15)12-16-11(17-19-12)7-2-3-9(14)8(13)6-7/h2-3,6,10H,4-5,15H2,1H3. The molecule has 1 heterocycles. The Morgan fingerprint density at radius 1 is 1.53 bits per heavy atom. The van der Waals surface area contributed by atoms with E-state index in [2.05, 4.69) is 10.1 Å². The normalized spacial score (nSPS) is 12.6. The number of halogens is 2. The summed E-state index contributed by atoms with van der Waals surface area (Å²) in [6, 6.07) is 3.82. The number of ether oxygens (including phenoxy) is 1. The minimum atomic E-state index is -0.495. The van der Waals surface area contributed by atoms with Crippen molar-refractivity contribution in [1.29, 1.82) is 0 Å². The molecule has 102 valence electrons. The maximum absolute atomic E-state index is 13.1. The van der Waals surface area contributed by atoms with Crippen molar-refractivity contribution in [2.45, 2.75) is 12.5 Å². The van der Waals surface area contributed by atoms with E-state index in [0.29, 0.717) is 30.3 Å². The summed E-state index contributed by atoms with van der Waals surface area (Å²) >= 11 is 5.70. The number of methoxy groups -OCH3 is 1. The van der Waals surface area contributed by atoms with E-state index < -0.39 is 11.9 Å². The summed E-state index contributed by atoms with van der Waals surface area (Å²) in [4.78, 5) is 4.16. The molecule has 2 N–H and O–H groups in total. The molecule has 7 heteroatoms. The fraction of sp³-hybridized carbons (Fsp3) is 0.333. The van der Waals surface area contributed by atoms with Crippen LogP contribution in [-0.4, -0.2) is 23.9 Å². The minimum absolute atomic E-state index is 0.00697. The summed E-state index contributed by atoms with van der Waals surface area (Å²) in [5.41, 5.74) is 6.43. The average Bonchev–Trinajstić information content (AvgIpc) is 2.89. The van der Waals surface area contributed by atoms with Crippen LogP contribution in [0.15, 0.2) is 22.7 Å². The van der Waals surface area contributed by atoms with Gasteiger partial charge in [0.05, 0.1) is 11.1 Å². The molecule has 0 aliphatic carbocycles. The number of rotatable bonds is 5. The second-order valence-electron chi connectivity index (χ2n) is 3.97. The van der Waals surface area contributed by atoms with Crippen LogP contribution in [0.5, 0.6) is 0 Å². The fourth-order valence-corrected chi connectivity index (χ4v) is 1.69. The first-order chi connectivity index (χ1) is 9.11. The zero-order chi connectivity index (χ0) is 13.8. The Hall–Kier alpha value is -1.50. The van der Waals surface area contributed by atoms with Crippen molar-refractivity contribution >= 4 is 11.6 Å². The summed E-state index contributed by atoms with van der Waals surface area (Å²) < 4.78 is 23.1. The van der Waals surface area contributed by atoms with Crippen LogP contribution in [0.1, 0.15) is 18.4 Å². The van der Waals surface area contributed by atoms with Gasteiger partial charge in [0, 0.05) is 19.3 Å². The van der Waals surface area contributed by atoms with Gasteiger partial charge in [0.15, 0.2) is 0 Å². The second-order valence-corrected chi connectivity index (χ2v) is 4.38. The van der Waals surface area contributed by atoms with Crippen LogP contribution >= 0.6 is 11.6 Å². The van der Waals surface area contributed by atoms with Crippen molar-refractivity contribution in [1.82, 2.24) is 10.1 Å². The maximum atomic E-state index is 13.1. The third-order valence-corrected chi connectivity index (χ3v) is 2.86. The van der Waals surface area contributed by atoms with Crippen LogP contribution in [0, 0.1) is 5.82 Å². The van der Waals surface area contributed by atoms with Crippen LogP contribution in [0.25, 0.3) is 11.4 Å². The molecule has 5 nitrogen and oxygen atoms in total. The van der Waals surface area contributed by atoms with Gasteiger partial charge in [-0.2, -0.15) is 4.98 Å². The van der Waals surface area contributed by atoms with Crippen molar-refractivity contribution < 1.29 is 13.7 Å². The van der Waals surface area contributed by atoms with Crippen molar-refractivity contribution in [3.63, 3.8) is 0 Å². The number of benzene rings is 1. The zero-order valence-corrected chi connectivity index (χ0v) is 11.0. The first-order valence-electron chi connectivity index (χ1n) is 5.65. The molecule has 2 aromatic rings. The van der Waals surface area contributed by atoms with Gasteiger partial charge < -0.3 is 15.0 Å². The molecule has 0 saturated heterocycles. The first kappa shape index (κ1) is 13.9. The summed E-state index contributed by atoms with van der Waals surface area (Å²) in [5, 5.41) is 3.81. The van der Waals surface area contributed by atoms with E-state index in [-0.39, 0.29) is 5.02 Å². The Bertz CT molecular complexity index is 562. The summed E-state index contributed by atoms with van der Waals surface area (Å²) in [5.74, 6) is 0.142. The van der Waals surface area contributed by atoms with Gasteiger partial charge in [-0.25, -0.2) is 4.39 Å². The van der Waals surface area contributed by atoms with Gasteiger partial charge in [-0.15, -0.1) is 0 Å². The van der Waals surface area contributed by atoms with E-state index in [4.69, 9.17) is 26.6 Å². The van der Waals surface area contributed by atoms with E-state index in [1.165, 1.54) is 18.2 Å². The lowest BCUT2D eigenvalue weighted by molar-refractivity contribution is 0.182. The second kappa shape index (κ2) is 6.10. The molecule has 0 saturated carbocycles. The van der Waals surface area contributed by atoms with E-state index in [0.717, 1.165) is 0 Å². The minimum Gasteiger partial charge on any atom is -0.385 e. The molecule has 2 rings (SSSR count). The number of aromatic nitrogens is 2. The highest BCUT2D eigenvalue weighted by molar-refractivity contribution is 6.31. The summed E-state index contributed by atoms with van der Waals surface area (Å²) in [6.45, 7) is 0.501. The topological polar surface area (TPSA) is 74.2 Å². The van der Waals surface area contributed by atoms with Gasteiger partial charge >= 0.3 is 0 Å². The molecule has 1 aromatic heterocycles. The van der Waals surface area contributed by atoms with E-state index in [1.54, 1.807) is 7.11 Å². The lowest BCUT2D eigenvalue weighted by Gasteiger charge is -2.04. The third kappa shape index (κ3) is 3.28. The highest BCUT2D eigenvalue weighted by Crippen LogP contribution is 2.24. The Balaban J connectivity index is 2.18. The van der Waals surface area contributed by atoms with Crippen molar-refractivity contribution in [2.75, 3.05) is 13.7 Å². The molecule has 0 amide bonds. The maximum Gasteiger partial charge on any atom is 0.243 e. The molecule has 1 atom stereocenters. The van der Waals surface area contributed by atoms with Crippen molar-refractivity contribution in [3.8, 4) is 11.4 Å². The quantitative estimate of drug-likeness (QED) is 0.914. The Kier molecular flexibility index (Phi) is 4.47. The van der Waals surface area contributed by atoms with Crippen molar-refractivity contribution in [2.24, 2.45) is 5.73 Å². The van der Waals surface area contributed by atoms with Gasteiger partial charge in [-0.05, 0) is 24.6 Å². The predicted molar refractivity (Wildman–Crippen MR) is 68.1 cm³/mol. The van der Waals surface area contributed by atoms with Crippen LogP contribution in [0.2, 0.25) is 5.02 Å². The van der Waals surface area contributed by atoms with Crippen LogP contribution in [0.4, 0.5) is 4.39 Å². The van der Waals surface area contributed by atoms with Gasteiger partial charge in [-0.1, -0.05) is 16.8 Å². The molecule has 1 unspecified atom stereocenters. The van der Waals surface area contributed by atoms with Gasteiger partial charge in [0.1, 0.15) is 5.82 Å². The van der Waals surface area contributed by atoms with Gasteiger partial charge in [0.2, 0.25) is 11.7 Å². The van der Waals surface area contributed by atoms with Crippen LogP contribution in [-0.2, 0) is 4.74 Å². The molecule has 0 fully saturated rings. The highest BCUT2D eigenvalue weighted by Gasteiger charge is 2.16. The van der Waals surface area contributed by atoms with E-state index in [9.17, 15) is 4.39 Å². The Morgan fingerprint density at radius 3 is 3.00 bits per heavy atom. The van der Waals surface area contributed by atoms with Gasteiger partial charge in [-0.3, -0.25) is 0 Å². The lowest BCUT2D eigenvalue weighted by Crippen LogP contribution is -2.12. The zero-order valence-electron chi connectivity index (χ0n) is 10.3. The predicted octanol–water partition coefficient (Wildman–Crippen LogP) is 2.57. The molecule has 0 aliphatic heterocycles. The average molecular weight is 286 g/mol. The first-order valence-corrected chi connectivity index (χ1v) is 6.03. The number of nitrogens with two attached hydrogens (primary N) is 1. The molecule has 0 bridgehead atoms. The fourth-order valence-electron chi connectivity index (χ4n) is 1.51. The van der Waals surface area contributed by atoms with E-state index >= 15 is 0 Å². The Labute approximate surface area is 114 Å². The molecule has 0 spiro atoms. The number of hydrogen-bond donors (Lipinski definition) is 1. The largest absolute Gasteiger partial charge is 0.385 e. The summed E-state index contributed by atoms with van der Waals surface area (Å²) in [7, 11) is 1.59. The molecule has 19 heavy (non-hydrogen) atoms. The third-order valence-electron chi connectivity index (χ3n) is 2.57. The number of hydrogen-bond acceptors (Lipinski definition) is 5. The lowest BCUT2D eigenvalue weighted by atomic mass is 10.2. The Morgan fingerprint density at radius 2 is 2.32 bits per heavy atom. The van der Waals surface area contributed by atoms with Gasteiger partial charge in [0.25, 0.3) is 0 Å². The number of nitrogens with zero attached hydrogens (tertiary/aromatic N) is 2. The van der Waals surface area contributed by atoms with Crippen molar-refractivity contribution in [3.05, 3.63) is 34.9 Å². The van der Waals surface area contributed by atoms with E-state index in [1.807, 2.05) is 0 Å². The molecule has 1 aromatic carbocycles. The summed E-state index contributed by atoms with van der Waals surface area (Å²) in [6.07, 6.45) is 0.572. The molecule has 0 aliphatic rings. The molecular weight excluding hydrogens is 273 g/mol. The van der Waals surface area contributed by atoms with Crippen LogP contribution in [0.3, 0.4) is 0 Å². The monoisotopic (exact) mass is 285 g/mol. The molecule has 0 radical (unpaired) electrons. The van der Waals surface area contributed by atoms with Crippen LogP contribution < -0.4 is 5.73 Å². The highest BCUT2D eigenvalue weighted by atomic mass is 35.5.